The van der Waals surface area contributed by atoms with Crippen LogP contribution in [-0.4, -0.2) is 35.7 Å². The number of amides is 1. The van der Waals surface area contributed by atoms with Crippen molar-refractivity contribution in [2.75, 3.05) is 19.8 Å². The number of benzene rings is 2. The Morgan fingerprint density at radius 3 is 2.62 bits per heavy atom. The lowest BCUT2D eigenvalue weighted by atomic mass is 10.1. The Labute approximate surface area is 152 Å². The summed E-state index contributed by atoms with van der Waals surface area (Å²) in [4.78, 5) is 16.2. The van der Waals surface area contributed by atoms with Crippen molar-refractivity contribution in [2.24, 2.45) is 0 Å². The first kappa shape index (κ1) is 18.3. The summed E-state index contributed by atoms with van der Waals surface area (Å²) in [7, 11) is 0. The Bertz CT molecular complexity index is 747. The molecule has 0 N–H and O–H groups in total. The van der Waals surface area contributed by atoms with Gasteiger partial charge in [0.05, 0.1) is 6.67 Å². The molecule has 26 heavy (non-hydrogen) atoms. The summed E-state index contributed by atoms with van der Waals surface area (Å²) in [6, 6.07) is 15.6. The van der Waals surface area contributed by atoms with Crippen LogP contribution in [0, 0.1) is 0 Å². The molecule has 0 unspecified atom stereocenters. The highest BCUT2D eigenvalue weighted by molar-refractivity contribution is 5.70. The van der Waals surface area contributed by atoms with Crippen LogP contribution in [-0.2, 0) is 12.5 Å². The van der Waals surface area contributed by atoms with Crippen LogP contribution in [0.15, 0.2) is 54.6 Å². The monoisotopic (exact) mass is 360 g/mol. The van der Waals surface area contributed by atoms with Gasteiger partial charge in [0.15, 0.2) is 0 Å². The summed E-state index contributed by atoms with van der Waals surface area (Å²) in [5.41, 5.74) is 1.01. The third-order valence-electron chi connectivity index (χ3n) is 4.33. The minimum absolute atomic E-state index is 0.134. The Morgan fingerprint density at radius 2 is 1.88 bits per heavy atom. The number of nitrogens with zero attached hydrogens (tertiary/aromatic N) is 2. The van der Waals surface area contributed by atoms with Crippen LogP contribution in [0.2, 0.25) is 0 Å². The number of carbonyl (C=O) groups is 1. The van der Waals surface area contributed by atoms with Crippen molar-refractivity contribution in [1.82, 2.24) is 9.80 Å². The summed E-state index contributed by atoms with van der Waals surface area (Å²) in [5, 5.41) is 0. The van der Waals surface area contributed by atoms with Crippen molar-refractivity contribution in [3.05, 3.63) is 65.7 Å². The van der Waals surface area contributed by atoms with E-state index in [2.05, 4.69) is 4.90 Å². The standard InChI is InChI=1S/C20H22F2N2O2/c1-20(21,22)17-9-5-10-18(13-17)26-19(25)24-12-6-11-23(15-24)14-16-7-3-2-4-8-16/h2-5,7-10,13H,6,11-12,14-15H2,1H3. The SMILES string of the molecule is CC(F)(F)c1cccc(OC(=O)N2CCCN(Cc3ccccc3)C2)c1. The van der Waals surface area contributed by atoms with Gasteiger partial charge in [-0.25, -0.2) is 13.6 Å². The van der Waals surface area contributed by atoms with Gasteiger partial charge in [0.2, 0.25) is 0 Å². The molecule has 0 radical (unpaired) electrons. The van der Waals surface area contributed by atoms with Crippen molar-refractivity contribution >= 4 is 6.09 Å². The molecule has 1 aliphatic rings. The lowest BCUT2D eigenvalue weighted by Crippen LogP contribution is -2.48. The van der Waals surface area contributed by atoms with Gasteiger partial charge in [-0.15, -0.1) is 0 Å². The fourth-order valence-electron chi connectivity index (χ4n) is 2.99. The Hall–Kier alpha value is -2.47. The molecule has 1 saturated heterocycles. The lowest BCUT2D eigenvalue weighted by molar-refractivity contribution is 0.0171. The highest BCUT2D eigenvalue weighted by Gasteiger charge is 2.26. The summed E-state index contributed by atoms with van der Waals surface area (Å²) in [6.07, 6.45) is 0.328. The van der Waals surface area contributed by atoms with Gasteiger partial charge in [0, 0.05) is 32.1 Å². The highest BCUT2D eigenvalue weighted by atomic mass is 19.3. The number of hydrogen-bond donors (Lipinski definition) is 0. The summed E-state index contributed by atoms with van der Waals surface area (Å²) in [6.45, 7) is 3.52. The van der Waals surface area contributed by atoms with Crippen molar-refractivity contribution in [3.63, 3.8) is 0 Å². The second-order valence-corrected chi connectivity index (χ2v) is 6.58. The maximum Gasteiger partial charge on any atom is 0.416 e. The zero-order chi connectivity index (χ0) is 18.6. The van der Waals surface area contributed by atoms with Crippen molar-refractivity contribution < 1.29 is 18.3 Å². The first-order valence-electron chi connectivity index (χ1n) is 8.63. The predicted molar refractivity (Wildman–Crippen MR) is 95.1 cm³/mol. The van der Waals surface area contributed by atoms with Crippen LogP contribution < -0.4 is 4.74 Å². The van der Waals surface area contributed by atoms with Crippen molar-refractivity contribution in [1.29, 1.82) is 0 Å². The minimum Gasteiger partial charge on any atom is -0.410 e. The third kappa shape index (κ3) is 4.79. The molecule has 0 aromatic heterocycles. The number of alkyl halides is 2. The molecule has 1 fully saturated rings. The molecule has 0 saturated carbocycles. The molecule has 0 aliphatic carbocycles. The highest BCUT2D eigenvalue weighted by Crippen LogP contribution is 2.29. The molecule has 2 aromatic carbocycles. The van der Waals surface area contributed by atoms with Crippen LogP contribution in [0.25, 0.3) is 0 Å². The fraction of sp³-hybridized carbons (Fsp3) is 0.350. The van der Waals surface area contributed by atoms with E-state index in [-0.39, 0.29) is 11.3 Å². The van der Waals surface area contributed by atoms with E-state index in [0.717, 1.165) is 26.4 Å². The van der Waals surface area contributed by atoms with Gasteiger partial charge in [-0.3, -0.25) is 9.80 Å². The van der Waals surface area contributed by atoms with E-state index in [0.29, 0.717) is 13.2 Å². The van der Waals surface area contributed by atoms with Gasteiger partial charge in [0.1, 0.15) is 5.75 Å². The maximum atomic E-state index is 13.4. The molecule has 1 heterocycles. The zero-order valence-corrected chi connectivity index (χ0v) is 14.7. The van der Waals surface area contributed by atoms with Gasteiger partial charge >= 0.3 is 6.09 Å². The van der Waals surface area contributed by atoms with Crippen molar-refractivity contribution in [3.8, 4) is 5.75 Å². The number of carbonyl (C=O) groups excluding carboxylic acids is 1. The quantitative estimate of drug-likeness (QED) is 0.807. The summed E-state index contributed by atoms with van der Waals surface area (Å²) in [5.74, 6) is -2.84. The van der Waals surface area contributed by atoms with Gasteiger partial charge in [-0.1, -0.05) is 42.5 Å². The van der Waals surface area contributed by atoms with Crippen LogP contribution in [0.3, 0.4) is 0 Å². The van der Waals surface area contributed by atoms with E-state index in [1.165, 1.54) is 29.8 Å². The van der Waals surface area contributed by atoms with Crippen LogP contribution in [0.5, 0.6) is 5.75 Å². The average Bonchev–Trinajstić information content (AvgIpc) is 2.62. The second-order valence-electron chi connectivity index (χ2n) is 6.58. The first-order valence-corrected chi connectivity index (χ1v) is 8.63. The molecule has 0 bridgehead atoms. The molecule has 0 spiro atoms. The van der Waals surface area contributed by atoms with Gasteiger partial charge in [-0.05, 0) is 24.1 Å². The molecule has 1 amide bonds. The molecular formula is C20H22F2N2O2. The molecule has 2 aromatic rings. The molecule has 3 rings (SSSR count). The molecule has 1 aliphatic heterocycles. The lowest BCUT2D eigenvalue weighted by Gasteiger charge is -2.34. The average molecular weight is 360 g/mol. The summed E-state index contributed by atoms with van der Waals surface area (Å²) >= 11 is 0. The Morgan fingerprint density at radius 1 is 1.12 bits per heavy atom. The zero-order valence-electron chi connectivity index (χ0n) is 14.7. The van der Waals surface area contributed by atoms with E-state index >= 15 is 0 Å². The Balaban J connectivity index is 1.61. The molecule has 0 atom stereocenters. The second kappa shape index (κ2) is 7.83. The van der Waals surface area contributed by atoms with Crippen LogP contribution in [0.4, 0.5) is 13.6 Å². The first-order chi connectivity index (χ1) is 12.4. The number of halogens is 2. The van der Waals surface area contributed by atoms with Gasteiger partial charge < -0.3 is 4.74 Å². The molecular weight excluding hydrogens is 338 g/mol. The van der Waals surface area contributed by atoms with Crippen LogP contribution >= 0.6 is 0 Å². The van der Waals surface area contributed by atoms with E-state index in [9.17, 15) is 13.6 Å². The third-order valence-corrected chi connectivity index (χ3v) is 4.33. The van der Waals surface area contributed by atoms with E-state index in [4.69, 9.17) is 4.74 Å². The topological polar surface area (TPSA) is 32.8 Å². The summed E-state index contributed by atoms with van der Waals surface area (Å²) < 4.78 is 32.2. The van der Waals surface area contributed by atoms with Crippen LogP contribution in [0.1, 0.15) is 24.5 Å². The molecule has 4 nitrogen and oxygen atoms in total. The fourth-order valence-corrected chi connectivity index (χ4v) is 2.99. The number of ether oxygens (including phenoxy) is 1. The number of hydrogen-bond acceptors (Lipinski definition) is 3. The van der Waals surface area contributed by atoms with Crippen molar-refractivity contribution in [2.45, 2.75) is 25.8 Å². The minimum atomic E-state index is -2.97. The maximum absolute atomic E-state index is 13.4. The largest absolute Gasteiger partial charge is 0.416 e. The van der Waals surface area contributed by atoms with E-state index in [1.54, 1.807) is 4.90 Å². The number of rotatable bonds is 4. The smallest absolute Gasteiger partial charge is 0.410 e. The molecule has 138 valence electrons. The molecule has 6 heteroatoms. The van der Waals surface area contributed by atoms with Gasteiger partial charge in [-0.2, -0.15) is 0 Å². The normalized spacial score (nSPS) is 15.7. The predicted octanol–water partition coefficient (Wildman–Crippen LogP) is 4.46. The van der Waals surface area contributed by atoms with E-state index < -0.39 is 12.0 Å². The van der Waals surface area contributed by atoms with E-state index in [1.807, 2.05) is 30.3 Å². The Kier molecular flexibility index (Phi) is 5.52. The van der Waals surface area contributed by atoms with Gasteiger partial charge in [0.25, 0.3) is 5.92 Å².